The fraction of sp³-hybridized carbons (Fsp3) is 0.647. The van der Waals surface area contributed by atoms with Gasteiger partial charge in [-0.25, -0.2) is 13.4 Å². The average molecular weight is 383 g/mol. The van der Waals surface area contributed by atoms with E-state index in [0.29, 0.717) is 18.2 Å². The van der Waals surface area contributed by atoms with Crippen LogP contribution in [0.3, 0.4) is 0 Å². The van der Waals surface area contributed by atoms with E-state index in [4.69, 9.17) is 4.98 Å². The molecule has 1 aliphatic heterocycles. The summed E-state index contributed by atoms with van der Waals surface area (Å²) in [6.07, 6.45) is 3.79. The zero-order valence-electron chi connectivity index (χ0n) is 14.5. The number of aromatic amines is 1. The first-order valence-electron chi connectivity index (χ1n) is 8.92. The van der Waals surface area contributed by atoms with E-state index in [9.17, 15) is 13.2 Å². The fourth-order valence-electron chi connectivity index (χ4n) is 4.06. The molecule has 3 atom stereocenters. The Balaban J connectivity index is 1.64. The normalized spacial score (nSPS) is 26.6. The van der Waals surface area contributed by atoms with E-state index >= 15 is 0 Å². The number of aromatic nitrogens is 2. The van der Waals surface area contributed by atoms with Crippen LogP contribution in [-0.2, 0) is 22.7 Å². The van der Waals surface area contributed by atoms with Crippen LogP contribution < -0.4 is 10.9 Å². The number of nitrogens with one attached hydrogen (secondary N) is 1. The maximum absolute atomic E-state index is 12.7. The lowest BCUT2D eigenvalue weighted by atomic mass is 9.89. The van der Waals surface area contributed by atoms with Crippen LogP contribution in [0.1, 0.15) is 49.0 Å². The summed E-state index contributed by atoms with van der Waals surface area (Å²) in [6, 6.07) is -0.00755. The van der Waals surface area contributed by atoms with E-state index < -0.39 is 9.84 Å². The molecule has 1 aliphatic carbocycles. The summed E-state index contributed by atoms with van der Waals surface area (Å²) in [4.78, 5) is 22.5. The van der Waals surface area contributed by atoms with Gasteiger partial charge in [0.25, 0.3) is 5.56 Å². The topological polar surface area (TPSA) is 96.5 Å². The highest BCUT2D eigenvalue weighted by Gasteiger charge is 2.32. The third kappa shape index (κ3) is 3.27. The second kappa shape index (κ2) is 6.17. The van der Waals surface area contributed by atoms with Gasteiger partial charge in [0, 0.05) is 11.3 Å². The average Bonchev–Trinajstić information content (AvgIpc) is 3.06. The highest BCUT2D eigenvalue weighted by Crippen LogP contribution is 2.35. The van der Waals surface area contributed by atoms with E-state index in [1.165, 1.54) is 10.4 Å². The fourth-order valence-corrected chi connectivity index (χ4v) is 7.21. The minimum absolute atomic E-state index is 0.0497. The van der Waals surface area contributed by atoms with Gasteiger partial charge >= 0.3 is 0 Å². The molecule has 2 aromatic heterocycles. The number of quaternary nitrogens is 1. The first kappa shape index (κ1) is 17.2. The highest BCUT2D eigenvalue weighted by atomic mass is 32.2. The SMILES string of the molecule is C[C@@H]1CCc2c(sc3nc([C@@H](C)[NH2+][C@@H]4CCS(=O)(=O)C4)[nH]c(=O)c23)C1. The number of aryl methyl sites for hydroxylation is 1. The Morgan fingerprint density at radius 1 is 1.36 bits per heavy atom. The smallest absolute Gasteiger partial charge is 0.260 e. The standard InChI is InChI=1S/C17H23N3O3S2/c1-9-3-4-12-13(7-9)24-17-14(12)16(21)19-15(20-17)10(2)18-11-5-6-25(22,23)8-11/h9-11,18H,3-8H2,1-2H3,(H,19,20,21)/p+1/t9-,10-,11-/m1/s1. The van der Waals surface area contributed by atoms with Gasteiger partial charge in [-0.3, -0.25) is 4.79 Å². The zero-order valence-corrected chi connectivity index (χ0v) is 16.2. The Morgan fingerprint density at radius 3 is 2.88 bits per heavy atom. The monoisotopic (exact) mass is 382 g/mol. The predicted molar refractivity (Wildman–Crippen MR) is 98.8 cm³/mol. The molecule has 0 radical (unpaired) electrons. The molecule has 4 rings (SSSR count). The third-order valence-electron chi connectivity index (χ3n) is 5.44. The number of H-pyrrole nitrogens is 1. The second-order valence-electron chi connectivity index (χ2n) is 7.63. The Hall–Kier alpha value is -1.25. The lowest BCUT2D eigenvalue weighted by Gasteiger charge is -2.17. The van der Waals surface area contributed by atoms with Crippen molar-refractivity contribution in [2.45, 2.75) is 51.6 Å². The molecule has 0 aromatic carbocycles. The van der Waals surface area contributed by atoms with Crippen LogP contribution in [0.15, 0.2) is 4.79 Å². The number of hydrogen-bond acceptors (Lipinski definition) is 5. The second-order valence-corrected chi connectivity index (χ2v) is 10.9. The van der Waals surface area contributed by atoms with E-state index in [1.54, 1.807) is 11.3 Å². The van der Waals surface area contributed by atoms with Crippen molar-refractivity contribution < 1.29 is 13.7 Å². The van der Waals surface area contributed by atoms with Gasteiger partial charge in [0.2, 0.25) is 0 Å². The molecule has 3 heterocycles. The Labute approximate surface area is 151 Å². The minimum Gasteiger partial charge on any atom is -0.334 e. The van der Waals surface area contributed by atoms with E-state index in [0.717, 1.165) is 29.5 Å². The molecular formula is C17H24N3O3S2+. The molecule has 6 nitrogen and oxygen atoms in total. The molecule has 0 amide bonds. The summed E-state index contributed by atoms with van der Waals surface area (Å²) in [5.41, 5.74) is 1.14. The van der Waals surface area contributed by atoms with Crippen molar-refractivity contribution in [2.24, 2.45) is 5.92 Å². The van der Waals surface area contributed by atoms with Gasteiger partial charge in [0.15, 0.2) is 15.7 Å². The molecule has 2 aliphatic rings. The number of sulfone groups is 1. The van der Waals surface area contributed by atoms with E-state index in [1.807, 2.05) is 12.2 Å². The summed E-state index contributed by atoms with van der Waals surface area (Å²) < 4.78 is 23.3. The summed E-state index contributed by atoms with van der Waals surface area (Å²) in [5.74, 6) is 1.79. The van der Waals surface area contributed by atoms with Crippen molar-refractivity contribution in [1.82, 2.24) is 9.97 Å². The Morgan fingerprint density at radius 2 is 2.16 bits per heavy atom. The van der Waals surface area contributed by atoms with Gasteiger partial charge in [0.05, 0.1) is 11.1 Å². The number of hydrogen-bond donors (Lipinski definition) is 2. The predicted octanol–water partition coefficient (Wildman–Crippen LogP) is 0.921. The van der Waals surface area contributed by atoms with Crippen LogP contribution in [0.25, 0.3) is 10.2 Å². The molecule has 136 valence electrons. The van der Waals surface area contributed by atoms with E-state index in [-0.39, 0.29) is 29.1 Å². The maximum atomic E-state index is 12.7. The number of nitrogens with two attached hydrogens (primary N) is 1. The zero-order chi connectivity index (χ0) is 17.8. The van der Waals surface area contributed by atoms with Gasteiger partial charge in [0.1, 0.15) is 22.7 Å². The number of fused-ring (bicyclic) bond motifs is 3. The molecule has 0 unspecified atom stereocenters. The van der Waals surface area contributed by atoms with Gasteiger partial charge in [-0.05, 0) is 37.7 Å². The molecule has 0 bridgehead atoms. The quantitative estimate of drug-likeness (QED) is 0.825. The van der Waals surface area contributed by atoms with Crippen LogP contribution >= 0.6 is 11.3 Å². The lowest BCUT2D eigenvalue weighted by molar-refractivity contribution is -0.721. The number of thiophene rings is 1. The molecule has 25 heavy (non-hydrogen) atoms. The first-order chi connectivity index (χ1) is 11.8. The van der Waals surface area contributed by atoms with Crippen LogP contribution in [0.5, 0.6) is 0 Å². The Kier molecular flexibility index (Phi) is 4.24. The molecule has 8 heteroatoms. The van der Waals surface area contributed by atoms with Crippen molar-refractivity contribution in [1.29, 1.82) is 0 Å². The Bertz CT molecular complexity index is 977. The molecule has 3 N–H and O–H groups in total. The third-order valence-corrected chi connectivity index (χ3v) is 8.39. The molecular weight excluding hydrogens is 358 g/mol. The molecule has 0 saturated carbocycles. The van der Waals surface area contributed by atoms with Gasteiger partial charge in [-0.15, -0.1) is 11.3 Å². The van der Waals surface area contributed by atoms with Crippen molar-refractivity contribution >= 4 is 31.4 Å². The van der Waals surface area contributed by atoms with Gasteiger partial charge in [-0.2, -0.15) is 0 Å². The molecule has 1 fully saturated rings. The molecule has 2 aromatic rings. The summed E-state index contributed by atoms with van der Waals surface area (Å²) in [5, 5.41) is 2.80. The van der Waals surface area contributed by atoms with Crippen LogP contribution in [0, 0.1) is 5.92 Å². The van der Waals surface area contributed by atoms with Gasteiger partial charge < -0.3 is 10.3 Å². The van der Waals surface area contributed by atoms with Crippen LogP contribution in [-0.4, -0.2) is 35.9 Å². The van der Waals surface area contributed by atoms with Gasteiger partial charge in [-0.1, -0.05) is 6.92 Å². The number of nitrogens with zero attached hydrogens (tertiary/aromatic N) is 1. The van der Waals surface area contributed by atoms with Crippen molar-refractivity contribution in [3.8, 4) is 0 Å². The molecule has 0 spiro atoms. The molecule has 1 saturated heterocycles. The largest absolute Gasteiger partial charge is 0.334 e. The summed E-state index contributed by atoms with van der Waals surface area (Å²) >= 11 is 1.65. The van der Waals surface area contributed by atoms with Crippen molar-refractivity contribution in [3.05, 3.63) is 26.6 Å². The number of rotatable bonds is 3. The van der Waals surface area contributed by atoms with Crippen molar-refractivity contribution in [2.75, 3.05) is 11.5 Å². The highest BCUT2D eigenvalue weighted by molar-refractivity contribution is 7.91. The maximum Gasteiger partial charge on any atom is 0.260 e. The summed E-state index contributed by atoms with van der Waals surface area (Å²) in [7, 11) is -2.90. The van der Waals surface area contributed by atoms with E-state index in [2.05, 4.69) is 11.9 Å². The van der Waals surface area contributed by atoms with Crippen molar-refractivity contribution in [3.63, 3.8) is 0 Å². The van der Waals surface area contributed by atoms with Crippen LogP contribution in [0.4, 0.5) is 0 Å². The summed E-state index contributed by atoms with van der Waals surface area (Å²) in [6.45, 7) is 4.23. The van der Waals surface area contributed by atoms with Crippen LogP contribution in [0.2, 0.25) is 0 Å². The first-order valence-corrected chi connectivity index (χ1v) is 11.6. The lowest BCUT2D eigenvalue weighted by Crippen LogP contribution is -2.91. The minimum atomic E-state index is -2.90.